The molecule has 6 nitrogen and oxygen atoms in total. The van der Waals surface area contributed by atoms with E-state index in [4.69, 9.17) is 0 Å². The number of carbonyl (C=O) groups is 1. The number of benzene rings is 2. The van der Waals surface area contributed by atoms with Crippen LogP contribution in [-0.4, -0.2) is 25.9 Å². The Hall–Kier alpha value is -3.04. The van der Waals surface area contributed by atoms with E-state index in [-0.39, 0.29) is 17.4 Å². The van der Waals surface area contributed by atoms with Crippen LogP contribution in [0.1, 0.15) is 10.5 Å². The van der Waals surface area contributed by atoms with Gasteiger partial charge in [-0.1, -0.05) is 41.3 Å². The fourth-order valence-corrected chi connectivity index (χ4v) is 3.88. The van der Waals surface area contributed by atoms with Crippen molar-refractivity contribution in [1.82, 2.24) is 20.0 Å². The van der Waals surface area contributed by atoms with E-state index in [1.807, 2.05) is 24.3 Å². The molecule has 9 heteroatoms. The van der Waals surface area contributed by atoms with Crippen molar-refractivity contribution in [3.8, 4) is 5.69 Å². The maximum Gasteiger partial charge on any atom is 0.276 e. The van der Waals surface area contributed by atoms with Gasteiger partial charge >= 0.3 is 0 Å². The molecule has 2 aromatic heterocycles. The third kappa shape index (κ3) is 4.04. The predicted molar refractivity (Wildman–Crippen MR) is 102 cm³/mol. The summed E-state index contributed by atoms with van der Waals surface area (Å²) in [6.07, 6.45) is 1.62. The minimum atomic E-state index is -0.364. The van der Waals surface area contributed by atoms with Gasteiger partial charge in [-0.3, -0.25) is 4.79 Å². The van der Waals surface area contributed by atoms with Crippen molar-refractivity contribution in [3.63, 3.8) is 0 Å². The Morgan fingerprint density at radius 3 is 2.85 bits per heavy atom. The Morgan fingerprint density at radius 2 is 2.04 bits per heavy atom. The molecule has 1 amide bonds. The van der Waals surface area contributed by atoms with Crippen LogP contribution in [0.4, 0.5) is 10.1 Å². The SMILES string of the molecule is O=C(Nc1ccccc1Sc1nncs1)c1ccn(-c2cccc(F)c2)n1. The zero-order valence-corrected chi connectivity index (χ0v) is 15.4. The van der Waals surface area contributed by atoms with Crippen LogP contribution >= 0.6 is 23.1 Å². The molecule has 0 unspecified atom stereocenters. The van der Waals surface area contributed by atoms with Gasteiger partial charge in [0.15, 0.2) is 10.0 Å². The van der Waals surface area contributed by atoms with E-state index in [0.717, 1.165) is 9.24 Å². The molecular formula is C18H12FN5OS2. The lowest BCUT2D eigenvalue weighted by Gasteiger charge is -2.08. The van der Waals surface area contributed by atoms with Gasteiger partial charge in [-0.2, -0.15) is 5.10 Å². The zero-order chi connectivity index (χ0) is 18.6. The number of hydrogen-bond donors (Lipinski definition) is 1. The first-order valence-corrected chi connectivity index (χ1v) is 9.55. The molecule has 0 radical (unpaired) electrons. The van der Waals surface area contributed by atoms with E-state index in [1.165, 1.54) is 39.9 Å². The smallest absolute Gasteiger partial charge is 0.276 e. The van der Waals surface area contributed by atoms with Crippen LogP contribution in [0.2, 0.25) is 0 Å². The summed E-state index contributed by atoms with van der Waals surface area (Å²) >= 11 is 2.85. The van der Waals surface area contributed by atoms with Gasteiger partial charge in [0.25, 0.3) is 5.91 Å². The molecule has 4 rings (SSSR count). The van der Waals surface area contributed by atoms with Crippen LogP contribution in [0.3, 0.4) is 0 Å². The minimum absolute atomic E-state index is 0.231. The van der Waals surface area contributed by atoms with Crippen molar-refractivity contribution >= 4 is 34.7 Å². The van der Waals surface area contributed by atoms with Gasteiger partial charge in [0.1, 0.15) is 11.3 Å². The van der Waals surface area contributed by atoms with Crippen molar-refractivity contribution in [2.45, 2.75) is 9.24 Å². The second-order valence-electron chi connectivity index (χ2n) is 5.38. The third-order valence-corrected chi connectivity index (χ3v) is 5.42. The number of hydrogen-bond acceptors (Lipinski definition) is 6. The number of para-hydroxylation sites is 1. The summed E-state index contributed by atoms with van der Waals surface area (Å²) in [6.45, 7) is 0. The first-order valence-electron chi connectivity index (χ1n) is 7.85. The van der Waals surface area contributed by atoms with Crippen molar-refractivity contribution < 1.29 is 9.18 Å². The highest BCUT2D eigenvalue weighted by atomic mass is 32.2. The molecule has 134 valence electrons. The molecule has 0 spiro atoms. The number of rotatable bonds is 5. The summed E-state index contributed by atoms with van der Waals surface area (Å²) < 4.78 is 15.6. The van der Waals surface area contributed by atoms with E-state index < -0.39 is 0 Å². The predicted octanol–water partition coefficient (Wildman–Crippen LogP) is 4.27. The molecule has 0 bridgehead atoms. The van der Waals surface area contributed by atoms with Gasteiger partial charge in [-0.15, -0.1) is 10.2 Å². The fourth-order valence-electron chi connectivity index (χ4n) is 2.35. The Morgan fingerprint density at radius 1 is 1.15 bits per heavy atom. The molecule has 0 aliphatic heterocycles. The van der Waals surface area contributed by atoms with Crippen LogP contribution in [0.15, 0.2) is 75.5 Å². The fraction of sp³-hybridized carbons (Fsp3) is 0. The minimum Gasteiger partial charge on any atom is -0.320 e. The largest absolute Gasteiger partial charge is 0.320 e. The zero-order valence-electron chi connectivity index (χ0n) is 13.7. The van der Waals surface area contributed by atoms with Crippen LogP contribution in [0, 0.1) is 5.82 Å². The molecule has 27 heavy (non-hydrogen) atoms. The highest BCUT2D eigenvalue weighted by Crippen LogP contribution is 2.34. The summed E-state index contributed by atoms with van der Waals surface area (Å²) in [5.74, 6) is -0.716. The number of aromatic nitrogens is 4. The molecule has 0 saturated carbocycles. The monoisotopic (exact) mass is 397 g/mol. The van der Waals surface area contributed by atoms with Gasteiger partial charge in [0.2, 0.25) is 0 Å². The van der Waals surface area contributed by atoms with Crippen molar-refractivity contribution in [2.24, 2.45) is 0 Å². The van der Waals surface area contributed by atoms with E-state index in [0.29, 0.717) is 11.4 Å². The highest BCUT2D eigenvalue weighted by molar-refractivity contribution is 8.01. The van der Waals surface area contributed by atoms with E-state index >= 15 is 0 Å². The maximum atomic E-state index is 13.4. The van der Waals surface area contributed by atoms with Gasteiger partial charge in [-0.05, 0) is 36.4 Å². The maximum absolute atomic E-state index is 13.4. The average molecular weight is 397 g/mol. The molecule has 0 fully saturated rings. The lowest BCUT2D eigenvalue weighted by Crippen LogP contribution is -2.13. The average Bonchev–Trinajstić information content (AvgIpc) is 3.35. The summed E-state index contributed by atoms with van der Waals surface area (Å²) in [7, 11) is 0. The number of amides is 1. The second-order valence-corrected chi connectivity index (χ2v) is 7.50. The summed E-state index contributed by atoms with van der Waals surface area (Å²) in [5.41, 5.74) is 3.09. The molecule has 0 aliphatic carbocycles. The summed E-state index contributed by atoms with van der Waals surface area (Å²) in [5, 5.41) is 14.9. The highest BCUT2D eigenvalue weighted by Gasteiger charge is 2.14. The second kappa shape index (κ2) is 7.68. The number of nitrogens with zero attached hydrogens (tertiary/aromatic N) is 4. The van der Waals surface area contributed by atoms with Crippen LogP contribution in [-0.2, 0) is 0 Å². The Labute approximate surface area is 162 Å². The van der Waals surface area contributed by atoms with Crippen LogP contribution in [0.25, 0.3) is 5.69 Å². The third-order valence-electron chi connectivity index (χ3n) is 3.57. The number of nitrogens with one attached hydrogen (secondary N) is 1. The van der Waals surface area contributed by atoms with E-state index in [2.05, 4.69) is 20.6 Å². The molecule has 2 heterocycles. The first kappa shape index (κ1) is 17.4. The summed E-state index contributed by atoms with van der Waals surface area (Å²) in [4.78, 5) is 13.4. The first-order chi connectivity index (χ1) is 13.2. The topological polar surface area (TPSA) is 72.7 Å². The summed E-state index contributed by atoms with van der Waals surface area (Å²) in [6, 6.07) is 15.0. The normalized spacial score (nSPS) is 10.7. The van der Waals surface area contributed by atoms with Crippen molar-refractivity contribution in [3.05, 3.63) is 77.8 Å². The van der Waals surface area contributed by atoms with E-state index in [9.17, 15) is 9.18 Å². The molecule has 0 aliphatic rings. The molecule has 4 aromatic rings. The lowest BCUT2D eigenvalue weighted by atomic mass is 10.3. The van der Waals surface area contributed by atoms with Gasteiger partial charge < -0.3 is 5.32 Å². The molecule has 1 N–H and O–H groups in total. The van der Waals surface area contributed by atoms with Crippen molar-refractivity contribution in [1.29, 1.82) is 0 Å². The van der Waals surface area contributed by atoms with Crippen molar-refractivity contribution in [2.75, 3.05) is 5.32 Å². The molecular weight excluding hydrogens is 385 g/mol. The van der Waals surface area contributed by atoms with Crippen LogP contribution in [0.5, 0.6) is 0 Å². The number of anilines is 1. The quantitative estimate of drug-likeness (QED) is 0.545. The van der Waals surface area contributed by atoms with Gasteiger partial charge in [-0.25, -0.2) is 9.07 Å². The van der Waals surface area contributed by atoms with Crippen LogP contribution < -0.4 is 5.32 Å². The molecule has 0 saturated heterocycles. The molecule has 2 aromatic carbocycles. The van der Waals surface area contributed by atoms with E-state index in [1.54, 1.807) is 29.9 Å². The van der Waals surface area contributed by atoms with Gasteiger partial charge in [0.05, 0.1) is 11.4 Å². The Kier molecular flexibility index (Phi) is 4.95. The Bertz CT molecular complexity index is 1080. The number of halogens is 1. The van der Waals surface area contributed by atoms with Gasteiger partial charge in [0, 0.05) is 11.1 Å². The standard InChI is InChI=1S/C18H12FN5OS2/c19-12-4-3-5-13(10-12)24-9-8-15(23-24)17(25)21-14-6-1-2-7-16(14)27-18-22-20-11-26-18/h1-11H,(H,21,25). The number of carbonyl (C=O) groups excluding carboxylic acids is 1. The molecule has 0 atom stereocenters. The Balaban J connectivity index is 1.53. The lowest BCUT2D eigenvalue weighted by molar-refractivity contribution is 0.102.